The number of nitrogens with zero attached hydrogens (tertiary/aromatic N) is 1. The fourth-order valence-corrected chi connectivity index (χ4v) is 5.41. The number of aliphatic hydroxyl groups is 3. The molecule has 11 heteroatoms. The quantitative estimate of drug-likeness (QED) is 0.276. The second-order valence-corrected chi connectivity index (χ2v) is 9.43. The minimum atomic E-state index is -1.82. The van der Waals surface area contributed by atoms with Crippen molar-refractivity contribution in [3.05, 3.63) is 35.9 Å². The highest BCUT2D eigenvalue weighted by molar-refractivity contribution is 5.78. The topological polar surface area (TPSA) is 159 Å². The van der Waals surface area contributed by atoms with Gasteiger partial charge >= 0.3 is 11.9 Å². The van der Waals surface area contributed by atoms with E-state index in [4.69, 9.17) is 18.9 Å². The van der Waals surface area contributed by atoms with Crippen LogP contribution in [0.4, 0.5) is 0 Å². The van der Waals surface area contributed by atoms with Crippen LogP contribution < -0.4 is 0 Å². The van der Waals surface area contributed by atoms with Crippen molar-refractivity contribution in [1.29, 1.82) is 0 Å². The fraction of sp³-hybridized carbons (Fsp3) is 0.652. The number of hydrogen-bond acceptors (Lipinski definition) is 10. The minimum absolute atomic E-state index is 0.209. The number of epoxide rings is 1. The van der Waals surface area contributed by atoms with Crippen LogP contribution >= 0.6 is 0 Å². The van der Waals surface area contributed by atoms with Crippen molar-refractivity contribution in [3.8, 4) is 0 Å². The normalized spacial score (nSPS) is 42.0. The van der Waals surface area contributed by atoms with E-state index in [1.807, 2.05) is 0 Å². The van der Waals surface area contributed by atoms with E-state index in [0.717, 1.165) is 0 Å². The third-order valence-electron chi connectivity index (χ3n) is 7.38. The maximum atomic E-state index is 13.2. The Bertz CT molecular complexity index is 896. The molecule has 0 aromatic heterocycles. The summed E-state index contributed by atoms with van der Waals surface area (Å²) in [7, 11) is 2.06. The van der Waals surface area contributed by atoms with Gasteiger partial charge in [-0.3, -0.25) is 9.69 Å². The van der Waals surface area contributed by atoms with E-state index in [0.29, 0.717) is 18.4 Å². The Morgan fingerprint density at radius 1 is 1.03 bits per heavy atom. The number of carboxylic acid groups (broad SMARTS) is 1. The highest BCUT2D eigenvalue weighted by Gasteiger charge is 2.63. The van der Waals surface area contributed by atoms with E-state index in [2.05, 4.69) is 11.9 Å². The van der Waals surface area contributed by atoms with E-state index < -0.39 is 48.6 Å². The van der Waals surface area contributed by atoms with Crippen LogP contribution in [0.25, 0.3) is 0 Å². The van der Waals surface area contributed by atoms with Gasteiger partial charge in [0, 0.05) is 24.9 Å². The summed E-state index contributed by atoms with van der Waals surface area (Å²) in [6.07, 6.45) is -7.13. The molecular formula is C23H29NO10. The molecule has 5 rings (SSSR count). The summed E-state index contributed by atoms with van der Waals surface area (Å²) in [6.45, 7) is -0.284. The molecule has 186 valence electrons. The number of hydrogen-bond donors (Lipinski definition) is 4. The van der Waals surface area contributed by atoms with E-state index in [1.54, 1.807) is 30.3 Å². The van der Waals surface area contributed by atoms with Crippen LogP contribution in [0, 0.1) is 0 Å². The number of ether oxygens (including phenoxy) is 4. The predicted octanol–water partition coefficient (Wildman–Crippen LogP) is -1.17. The lowest BCUT2D eigenvalue weighted by Crippen LogP contribution is -2.60. The number of aliphatic carboxylic acids is 1. The summed E-state index contributed by atoms with van der Waals surface area (Å²) >= 11 is 0. The number of likely N-dealkylation sites (N-methyl/N-ethyl adjacent to an activating group) is 1. The zero-order valence-corrected chi connectivity index (χ0v) is 18.5. The van der Waals surface area contributed by atoms with Gasteiger partial charge in [0.25, 0.3) is 0 Å². The van der Waals surface area contributed by atoms with Crippen molar-refractivity contribution in [1.82, 2.24) is 4.90 Å². The van der Waals surface area contributed by atoms with Crippen molar-refractivity contribution in [2.75, 3.05) is 13.7 Å². The molecule has 1 aromatic carbocycles. The van der Waals surface area contributed by atoms with Gasteiger partial charge in [-0.25, -0.2) is 4.79 Å². The third kappa shape index (κ3) is 4.22. The maximum Gasteiger partial charge on any atom is 0.335 e. The Labute approximate surface area is 195 Å². The second kappa shape index (κ2) is 9.15. The molecule has 2 bridgehead atoms. The molecule has 4 fully saturated rings. The van der Waals surface area contributed by atoms with Crippen molar-refractivity contribution in [2.45, 2.75) is 79.9 Å². The second-order valence-electron chi connectivity index (χ2n) is 9.43. The van der Waals surface area contributed by atoms with E-state index >= 15 is 0 Å². The fourth-order valence-electron chi connectivity index (χ4n) is 5.41. The molecule has 0 spiro atoms. The van der Waals surface area contributed by atoms with Crippen LogP contribution in [0.3, 0.4) is 0 Å². The van der Waals surface area contributed by atoms with Gasteiger partial charge in [0.05, 0.1) is 6.61 Å². The number of esters is 1. The van der Waals surface area contributed by atoms with Gasteiger partial charge in [-0.1, -0.05) is 30.3 Å². The average Bonchev–Trinajstić information content (AvgIpc) is 3.58. The monoisotopic (exact) mass is 479 g/mol. The first-order valence-corrected chi connectivity index (χ1v) is 11.4. The third-order valence-corrected chi connectivity index (χ3v) is 7.38. The molecular weight excluding hydrogens is 450 g/mol. The number of morpholine rings is 1. The number of rotatable bonds is 7. The van der Waals surface area contributed by atoms with E-state index in [1.165, 1.54) is 0 Å². The van der Waals surface area contributed by atoms with Crippen molar-refractivity contribution < 1.29 is 49.0 Å². The molecule has 4 aliphatic heterocycles. The Morgan fingerprint density at radius 3 is 2.29 bits per heavy atom. The lowest BCUT2D eigenvalue weighted by Gasteiger charge is -2.39. The number of carbonyl (C=O) groups excluding carboxylic acids is 1. The summed E-state index contributed by atoms with van der Waals surface area (Å²) in [6, 6.07) is 9.27. The zero-order chi connectivity index (χ0) is 24.1. The Kier molecular flexibility index (Phi) is 6.36. The maximum absolute atomic E-state index is 13.2. The molecule has 1 aromatic rings. The van der Waals surface area contributed by atoms with Crippen LogP contribution in [-0.2, 0) is 28.5 Å². The minimum Gasteiger partial charge on any atom is -0.479 e. The van der Waals surface area contributed by atoms with Crippen LogP contribution in [0.15, 0.2) is 30.3 Å². The summed E-state index contributed by atoms with van der Waals surface area (Å²) in [5.74, 6) is -2.88. The van der Waals surface area contributed by atoms with Crippen LogP contribution in [-0.4, -0.2) is 112 Å². The molecule has 10 atom stereocenters. The number of piperidine rings is 1. The SMILES string of the molecule is CN1C2CC(OC(=O)[C@H](CO[C@H]3OC(C(=O)O)[C@H](O)[C@@H](O)[C@H]3O)c3ccccc3)CC1C1OC12. The largest absolute Gasteiger partial charge is 0.479 e. The molecule has 11 nitrogen and oxygen atoms in total. The van der Waals surface area contributed by atoms with Gasteiger partial charge in [0.15, 0.2) is 12.4 Å². The summed E-state index contributed by atoms with van der Waals surface area (Å²) in [5, 5.41) is 39.3. The molecule has 34 heavy (non-hydrogen) atoms. The molecule has 5 unspecified atom stereocenters. The average molecular weight is 479 g/mol. The number of carbonyl (C=O) groups is 2. The number of benzene rings is 1. The zero-order valence-electron chi connectivity index (χ0n) is 18.5. The van der Waals surface area contributed by atoms with Crippen molar-refractivity contribution in [3.63, 3.8) is 0 Å². The lowest BCUT2D eigenvalue weighted by molar-refractivity contribution is -0.294. The van der Waals surface area contributed by atoms with Crippen molar-refractivity contribution in [2.24, 2.45) is 0 Å². The van der Waals surface area contributed by atoms with Gasteiger partial charge in [-0.15, -0.1) is 0 Å². The number of aliphatic hydroxyl groups excluding tert-OH is 3. The van der Waals surface area contributed by atoms with E-state index in [-0.39, 0.29) is 37.0 Å². The van der Waals surface area contributed by atoms with Crippen LogP contribution in [0.2, 0.25) is 0 Å². The molecule has 0 amide bonds. The van der Waals surface area contributed by atoms with Gasteiger partial charge in [-0.2, -0.15) is 0 Å². The van der Waals surface area contributed by atoms with Crippen molar-refractivity contribution >= 4 is 11.9 Å². The van der Waals surface area contributed by atoms with E-state index in [9.17, 15) is 30.0 Å². The van der Waals surface area contributed by atoms with Gasteiger partial charge in [0.1, 0.15) is 42.5 Å². The molecule has 4 heterocycles. The first-order chi connectivity index (χ1) is 16.3. The summed E-state index contributed by atoms with van der Waals surface area (Å²) in [4.78, 5) is 26.9. The smallest absolute Gasteiger partial charge is 0.335 e. The lowest BCUT2D eigenvalue weighted by atomic mass is 9.97. The molecule has 4 aliphatic rings. The van der Waals surface area contributed by atoms with Gasteiger partial charge < -0.3 is 39.4 Å². The molecule has 0 radical (unpaired) electrons. The van der Waals surface area contributed by atoms with Gasteiger partial charge in [-0.05, 0) is 12.6 Å². The number of fused-ring (bicyclic) bond motifs is 5. The first-order valence-electron chi connectivity index (χ1n) is 11.4. The standard InChI is InChI=1S/C23H29NO10/c1-24-13-7-11(8-14(24)19-18(13)33-19)32-22(30)12(10-5-3-2-4-6-10)9-31-23-17(27)15(25)16(26)20(34-23)21(28)29/h2-6,11-20,23,25-27H,7-9H2,1H3,(H,28,29)/t11?,12-,13?,14?,15-,16-,17-,18?,19?,20?,23+/m1/s1. The molecule has 0 saturated carbocycles. The molecule has 0 aliphatic carbocycles. The Balaban J connectivity index is 1.26. The predicted molar refractivity (Wildman–Crippen MR) is 113 cm³/mol. The Morgan fingerprint density at radius 2 is 1.68 bits per heavy atom. The van der Waals surface area contributed by atoms with Crippen LogP contribution in [0.5, 0.6) is 0 Å². The number of carboxylic acids is 1. The first kappa shape index (κ1) is 23.6. The summed E-state index contributed by atoms with van der Waals surface area (Å²) < 4.78 is 22.3. The van der Waals surface area contributed by atoms with Gasteiger partial charge in [0.2, 0.25) is 0 Å². The molecule has 4 N–H and O–H groups in total. The molecule has 4 saturated heterocycles. The Hall–Kier alpha value is -2.12. The summed E-state index contributed by atoms with van der Waals surface area (Å²) in [5.41, 5.74) is 0.621. The van der Waals surface area contributed by atoms with Crippen LogP contribution in [0.1, 0.15) is 24.3 Å². The highest BCUT2D eigenvalue weighted by atomic mass is 16.7. The highest BCUT2D eigenvalue weighted by Crippen LogP contribution is 2.48.